The van der Waals surface area contributed by atoms with E-state index in [2.05, 4.69) is 4.98 Å². The molecular weight excluding hydrogens is 458 g/mol. The number of hydrogen-bond acceptors (Lipinski definition) is 5. The lowest BCUT2D eigenvalue weighted by Gasteiger charge is -2.25. The number of amides is 1. The fourth-order valence-electron chi connectivity index (χ4n) is 4.68. The molecule has 36 heavy (non-hydrogen) atoms. The number of likely N-dealkylation sites (tertiary alicyclic amines) is 1. The molecule has 2 heterocycles. The van der Waals surface area contributed by atoms with Crippen molar-refractivity contribution in [1.29, 1.82) is 0 Å². The van der Waals surface area contributed by atoms with Crippen molar-refractivity contribution in [2.45, 2.75) is 19.4 Å². The number of Topliss-reactive ketones (excluding diaryl/α,β-unsaturated/α-hetero) is 1. The van der Waals surface area contributed by atoms with E-state index in [1.807, 2.05) is 49.5 Å². The summed E-state index contributed by atoms with van der Waals surface area (Å²) in [7, 11) is 0. The molecule has 1 atom stereocenters. The highest BCUT2D eigenvalue weighted by Crippen LogP contribution is 2.40. The molecule has 0 spiro atoms. The molecule has 1 amide bonds. The summed E-state index contributed by atoms with van der Waals surface area (Å²) in [5, 5.41) is 23.3. The van der Waals surface area contributed by atoms with Crippen LogP contribution in [0.1, 0.15) is 28.3 Å². The zero-order valence-electron chi connectivity index (χ0n) is 19.5. The van der Waals surface area contributed by atoms with Crippen LogP contribution in [0, 0.1) is 17.0 Å². The first-order chi connectivity index (χ1) is 17.3. The van der Waals surface area contributed by atoms with Crippen molar-refractivity contribution in [3.8, 4) is 0 Å². The van der Waals surface area contributed by atoms with Crippen LogP contribution in [0.3, 0.4) is 0 Å². The van der Waals surface area contributed by atoms with Crippen LogP contribution in [0.15, 0.2) is 84.6 Å². The van der Waals surface area contributed by atoms with Gasteiger partial charge in [-0.15, -0.1) is 0 Å². The van der Waals surface area contributed by atoms with E-state index in [4.69, 9.17) is 0 Å². The SMILES string of the molecule is Cc1ccc(/C(O)=C2/C(=O)C(=O)N(CCc3c[nH]c4ccccc34)C2c2ccc([N+](=O)[O-])cc2)cc1. The molecule has 1 aliphatic rings. The number of aromatic amines is 1. The summed E-state index contributed by atoms with van der Waals surface area (Å²) in [5.41, 5.74) is 3.74. The van der Waals surface area contributed by atoms with Crippen LogP contribution in [-0.4, -0.2) is 38.1 Å². The molecule has 1 unspecified atom stereocenters. The molecule has 1 aromatic heterocycles. The summed E-state index contributed by atoms with van der Waals surface area (Å²) in [4.78, 5) is 41.7. The van der Waals surface area contributed by atoms with Gasteiger partial charge in [0.1, 0.15) is 5.76 Å². The van der Waals surface area contributed by atoms with Gasteiger partial charge in [0, 0.05) is 41.3 Å². The molecule has 1 aliphatic heterocycles. The third kappa shape index (κ3) is 4.02. The van der Waals surface area contributed by atoms with Gasteiger partial charge >= 0.3 is 0 Å². The number of nitro benzene ring substituents is 1. The quantitative estimate of drug-likeness (QED) is 0.131. The highest BCUT2D eigenvalue weighted by molar-refractivity contribution is 6.46. The Morgan fingerprint density at radius 1 is 1.03 bits per heavy atom. The Kier molecular flexibility index (Phi) is 5.85. The summed E-state index contributed by atoms with van der Waals surface area (Å²) in [6, 6.07) is 19.7. The Balaban J connectivity index is 1.57. The number of fused-ring (bicyclic) bond motifs is 1. The van der Waals surface area contributed by atoms with Gasteiger partial charge in [-0.25, -0.2) is 0 Å². The van der Waals surface area contributed by atoms with Gasteiger partial charge in [0.15, 0.2) is 0 Å². The predicted molar refractivity (Wildman–Crippen MR) is 135 cm³/mol. The van der Waals surface area contributed by atoms with Gasteiger partial charge in [-0.2, -0.15) is 0 Å². The number of ketones is 1. The number of carbonyl (C=O) groups is 2. The first-order valence-corrected chi connectivity index (χ1v) is 11.5. The number of nitrogens with zero attached hydrogens (tertiary/aromatic N) is 2. The van der Waals surface area contributed by atoms with Crippen molar-refractivity contribution in [3.63, 3.8) is 0 Å². The molecular formula is C28H23N3O5. The molecule has 8 nitrogen and oxygen atoms in total. The molecule has 3 aromatic carbocycles. The van der Waals surface area contributed by atoms with Crippen molar-refractivity contribution in [2.75, 3.05) is 6.54 Å². The number of aliphatic hydroxyl groups excluding tert-OH is 1. The van der Waals surface area contributed by atoms with Crippen molar-refractivity contribution >= 4 is 34.0 Å². The number of nitrogens with one attached hydrogen (secondary N) is 1. The van der Waals surface area contributed by atoms with Gasteiger partial charge in [0.25, 0.3) is 17.4 Å². The van der Waals surface area contributed by atoms with Crippen LogP contribution >= 0.6 is 0 Å². The first kappa shape index (κ1) is 23.0. The lowest BCUT2D eigenvalue weighted by Crippen LogP contribution is -2.31. The van der Waals surface area contributed by atoms with Gasteiger partial charge in [0.2, 0.25) is 0 Å². The van der Waals surface area contributed by atoms with E-state index in [0.717, 1.165) is 22.0 Å². The number of H-pyrrole nitrogens is 1. The minimum absolute atomic E-state index is 0.0309. The van der Waals surface area contributed by atoms with Crippen LogP contribution in [-0.2, 0) is 16.0 Å². The number of carbonyl (C=O) groups excluding carboxylic acids is 2. The van der Waals surface area contributed by atoms with Crippen molar-refractivity contribution in [3.05, 3.63) is 117 Å². The maximum Gasteiger partial charge on any atom is 0.295 e. The maximum atomic E-state index is 13.2. The first-order valence-electron chi connectivity index (χ1n) is 11.5. The van der Waals surface area contributed by atoms with E-state index in [1.54, 1.807) is 12.1 Å². The Bertz CT molecular complexity index is 1520. The average molecular weight is 482 g/mol. The molecule has 4 aromatic rings. The number of hydrogen-bond donors (Lipinski definition) is 2. The zero-order valence-corrected chi connectivity index (χ0v) is 19.5. The fourth-order valence-corrected chi connectivity index (χ4v) is 4.68. The number of rotatable bonds is 6. The lowest BCUT2D eigenvalue weighted by atomic mass is 9.94. The van der Waals surface area contributed by atoms with Crippen molar-refractivity contribution in [2.24, 2.45) is 0 Å². The summed E-state index contributed by atoms with van der Waals surface area (Å²) in [6.07, 6.45) is 2.36. The Labute approximate surface area is 206 Å². The third-order valence-corrected chi connectivity index (χ3v) is 6.58. The second kappa shape index (κ2) is 9.14. The molecule has 1 saturated heterocycles. The molecule has 0 bridgehead atoms. The van der Waals surface area contributed by atoms with Crippen LogP contribution in [0.5, 0.6) is 0 Å². The van der Waals surface area contributed by atoms with E-state index < -0.39 is 22.7 Å². The second-order valence-corrected chi connectivity index (χ2v) is 8.82. The lowest BCUT2D eigenvalue weighted by molar-refractivity contribution is -0.384. The van der Waals surface area contributed by atoms with E-state index in [-0.39, 0.29) is 23.6 Å². The summed E-state index contributed by atoms with van der Waals surface area (Å²) in [5.74, 6) is -1.77. The largest absolute Gasteiger partial charge is 0.507 e. The molecule has 2 N–H and O–H groups in total. The highest BCUT2D eigenvalue weighted by atomic mass is 16.6. The number of benzene rings is 3. The molecule has 180 valence electrons. The number of nitro groups is 1. The Morgan fingerprint density at radius 3 is 2.42 bits per heavy atom. The number of non-ortho nitro benzene ring substituents is 1. The van der Waals surface area contributed by atoms with Crippen LogP contribution in [0.4, 0.5) is 5.69 Å². The van der Waals surface area contributed by atoms with Gasteiger partial charge in [-0.1, -0.05) is 48.0 Å². The van der Waals surface area contributed by atoms with Crippen LogP contribution in [0.2, 0.25) is 0 Å². The third-order valence-electron chi connectivity index (χ3n) is 6.58. The van der Waals surface area contributed by atoms with Crippen molar-refractivity contribution in [1.82, 2.24) is 9.88 Å². The summed E-state index contributed by atoms with van der Waals surface area (Å²) in [6.45, 7) is 2.13. The van der Waals surface area contributed by atoms with Gasteiger partial charge in [-0.3, -0.25) is 19.7 Å². The maximum absolute atomic E-state index is 13.2. The molecule has 5 rings (SSSR count). The summed E-state index contributed by atoms with van der Waals surface area (Å²) < 4.78 is 0. The number of aryl methyl sites for hydroxylation is 1. The topological polar surface area (TPSA) is 117 Å². The van der Waals surface area contributed by atoms with E-state index in [1.165, 1.54) is 29.2 Å². The van der Waals surface area contributed by atoms with Gasteiger partial charge in [0.05, 0.1) is 16.5 Å². The normalized spacial score (nSPS) is 17.1. The molecule has 8 heteroatoms. The van der Waals surface area contributed by atoms with Crippen LogP contribution in [0.25, 0.3) is 16.7 Å². The zero-order chi connectivity index (χ0) is 25.4. The minimum Gasteiger partial charge on any atom is -0.507 e. The monoisotopic (exact) mass is 481 g/mol. The Morgan fingerprint density at radius 2 is 1.72 bits per heavy atom. The van der Waals surface area contributed by atoms with Gasteiger partial charge < -0.3 is 15.0 Å². The van der Waals surface area contributed by atoms with Crippen molar-refractivity contribution < 1.29 is 19.6 Å². The standard InChI is InChI=1S/C28H23N3O5/c1-17-6-8-19(9-7-17)26(32)24-25(18-10-12-21(13-11-18)31(35)36)30(28(34)27(24)33)15-14-20-16-29-23-5-3-2-4-22(20)23/h2-13,16,25,29,32H,14-15H2,1H3/b26-24-. The minimum atomic E-state index is -0.877. The number of aliphatic hydroxyl groups is 1. The molecule has 0 saturated carbocycles. The molecule has 1 fully saturated rings. The van der Waals surface area contributed by atoms with Crippen LogP contribution < -0.4 is 0 Å². The number of aromatic nitrogens is 1. The second-order valence-electron chi connectivity index (χ2n) is 8.82. The number of para-hydroxylation sites is 1. The van der Waals surface area contributed by atoms with E-state index in [9.17, 15) is 24.8 Å². The average Bonchev–Trinajstić information content (AvgIpc) is 3.41. The smallest absolute Gasteiger partial charge is 0.295 e. The van der Waals surface area contributed by atoms with E-state index in [0.29, 0.717) is 17.5 Å². The molecule has 0 radical (unpaired) electrons. The van der Waals surface area contributed by atoms with Gasteiger partial charge in [-0.05, 0) is 42.7 Å². The molecule has 0 aliphatic carbocycles. The predicted octanol–water partition coefficient (Wildman–Crippen LogP) is 5.05. The van der Waals surface area contributed by atoms with E-state index >= 15 is 0 Å². The summed E-state index contributed by atoms with van der Waals surface area (Å²) >= 11 is 0. The highest BCUT2D eigenvalue weighted by Gasteiger charge is 2.46. The Hall–Kier alpha value is -4.72. The fraction of sp³-hybridized carbons (Fsp3) is 0.143.